The molecule has 1 rings (SSSR count). The van der Waals surface area contributed by atoms with Crippen molar-refractivity contribution in [1.29, 1.82) is 0 Å². The molecule has 80 valence electrons. The van der Waals surface area contributed by atoms with Gasteiger partial charge in [-0.1, -0.05) is 29.8 Å². The van der Waals surface area contributed by atoms with E-state index in [0.717, 1.165) is 5.56 Å². The van der Waals surface area contributed by atoms with Crippen LogP contribution in [0.4, 0.5) is 0 Å². The maximum absolute atomic E-state index is 11.1. The van der Waals surface area contributed by atoms with E-state index in [4.69, 9.17) is 11.6 Å². The van der Waals surface area contributed by atoms with Gasteiger partial charge in [0.25, 0.3) is 0 Å². The molecule has 3 heteroatoms. The molecule has 0 spiro atoms. The molecule has 0 aromatic heterocycles. The monoisotopic (exact) mass is 223 g/mol. The third-order valence-corrected chi connectivity index (χ3v) is 2.54. The maximum Gasteiger partial charge on any atom is 0.217 e. The predicted molar refractivity (Wildman–Crippen MR) is 62.8 cm³/mol. The van der Waals surface area contributed by atoms with Gasteiger partial charge in [-0.2, -0.15) is 0 Å². The zero-order valence-corrected chi connectivity index (χ0v) is 9.64. The summed E-state index contributed by atoms with van der Waals surface area (Å²) in [4.78, 5) is 11.1. The fourth-order valence-electron chi connectivity index (χ4n) is 1.40. The Morgan fingerprint density at radius 1 is 1.47 bits per heavy atom. The quantitative estimate of drug-likeness (QED) is 0.785. The van der Waals surface area contributed by atoms with Crippen molar-refractivity contribution >= 4 is 17.5 Å². The van der Waals surface area contributed by atoms with Gasteiger partial charge in [-0.3, -0.25) is 4.79 Å². The molecule has 1 unspecified atom stereocenters. The van der Waals surface area contributed by atoms with Gasteiger partial charge in [0, 0.05) is 11.9 Å². The lowest BCUT2D eigenvalue weighted by Crippen LogP contribution is -2.40. The molecule has 0 heterocycles. The van der Waals surface area contributed by atoms with Crippen molar-refractivity contribution in [2.24, 2.45) is 0 Å². The number of nitrogens with one attached hydrogen (secondary N) is 1. The minimum absolute atomic E-state index is 0.0904. The fourth-order valence-corrected chi connectivity index (χ4v) is 1.53. The number of carbonyl (C=O) groups excluding carboxylic acids is 1. The first-order valence-corrected chi connectivity index (χ1v) is 5.04. The van der Waals surface area contributed by atoms with Crippen LogP contribution in [0.15, 0.2) is 36.9 Å². The van der Waals surface area contributed by atoms with E-state index in [0.29, 0.717) is 5.02 Å². The van der Waals surface area contributed by atoms with E-state index in [1.807, 2.05) is 19.1 Å². The van der Waals surface area contributed by atoms with Crippen LogP contribution in [0.25, 0.3) is 0 Å². The number of amides is 1. The number of hydrogen-bond acceptors (Lipinski definition) is 1. The Morgan fingerprint density at radius 2 is 2.00 bits per heavy atom. The summed E-state index contributed by atoms with van der Waals surface area (Å²) in [6, 6.07) is 7.33. The zero-order chi connectivity index (χ0) is 11.5. The SMILES string of the molecule is C=CC(C)(NC(C)=O)c1ccc(Cl)cc1. The predicted octanol–water partition coefficient (Wildman–Crippen LogP) is 2.88. The molecule has 1 amide bonds. The second kappa shape index (κ2) is 4.49. The summed E-state index contributed by atoms with van der Waals surface area (Å²) in [6.45, 7) is 7.11. The smallest absolute Gasteiger partial charge is 0.217 e. The Kier molecular flexibility index (Phi) is 3.53. The summed E-state index contributed by atoms with van der Waals surface area (Å²) in [7, 11) is 0. The van der Waals surface area contributed by atoms with Crippen molar-refractivity contribution in [2.75, 3.05) is 0 Å². The van der Waals surface area contributed by atoms with E-state index in [2.05, 4.69) is 11.9 Å². The molecule has 0 fully saturated rings. The van der Waals surface area contributed by atoms with Crippen molar-refractivity contribution in [3.8, 4) is 0 Å². The standard InChI is InChI=1S/C12H14ClNO/c1-4-12(3,14-9(2)15)10-5-7-11(13)8-6-10/h4-8H,1H2,2-3H3,(H,14,15). The molecule has 1 aromatic rings. The van der Waals surface area contributed by atoms with E-state index >= 15 is 0 Å². The van der Waals surface area contributed by atoms with Gasteiger partial charge in [-0.15, -0.1) is 6.58 Å². The molecule has 0 radical (unpaired) electrons. The summed E-state index contributed by atoms with van der Waals surface area (Å²) in [5.74, 6) is -0.0904. The molecule has 0 saturated carbocycles. The van der Waals surface area contributed by atoms with Crippen LogP contribution < -0.4 is 5.32 Å². The highest BCUT2D eigenvalue weighted by Crippen LogP contribution is 2.23. The number of benzene rings is 1. The molecule has 0 saturated heterocycles. The molecular formula is C12H14ClNO. The average Bonchev–Trinajstić information content (AvgIpc) is 2.17. The molecule has 0 aliphatic heterocycles. The molecule has 1 atom stereocenters. The maximum atomic E-state index is 11.1. The van der Waals surface area contributed by atoms with Gasteiger partial charge >= 0.3 is 0 Å². The van der Waals surface area contributed by atoms with E-state index in [-0.39, 0.29) is 5.91 Å². The average molecular weight is 224 g/mol. The Labute approximate surface area is 94.9 Å². The second-order valence-corrected chi connectivity index (χ2v) is 4.03. The Hall–Kier alpha value is -1.28. The first-order chi connectivity index (χ1) is 6.98. The van der Waals surface area contributed by atoms with Crippen LogP contribution in [-0.2, 0) is 10.3 Å². The Morgan fingerprint density at radius 3 is 2.40 bits per heavy atom. The summed E-state index contributed by atoms with van der Waals surface area (Å²) >= 11 is 5.80. The van der Waals surface area contributed by atoms with E-state index in [1.165, 1.54) is 6.92 Å². The van der Waals surface area contributed by atoms with Crippen molar-refractivity contribution in [2.45, 2.75) is 19.4 Å². The van der Waals surface area contributed by atoms with Gasteiger partial charge in [-0.05, 0) is 24.6 Å². The minimum Gasteiger partial charge on any atom is -0.344 e. The van der Waals surface area contributed by atoms with Crippen molar-refractivity contribution in [3.05, 3.63) is 47.5 Å². The number of rotatable bonds is 3. The summed E-state index contributed by atoms with van der Waals surface area (Å²) < 4.78 is 0. The fraction of sp³-hybridized carbons (Fsp3) is 0.250. The topological polar surface area (TPSA) is 29.1 Å². The highest BCUT2D eigenvalue weighted by Gasteiger charge is 2.23. The second-order valence-electron chi connectivity index (χ2n) is 3.59. The first kappa shape index (κ1) is 11.8. The molecule has 2 nitrogen and oxygen atoms in total. The highest BCUT2D eigenvalue weighted by atomic mass is 35.5. The van der Waals surface area contributed by atoms with E-state index in [9.17, 15) is 4.79 Å². The summed E-state index contributed by atoms with van der Waals surface area (Å²) in [5, 5.41) is 3.52. The van der Waals surface area contributed by atoms with Gasteiger partial charge in [0.05, 0.1) is 5.54 Å². The largest absolute Gasteiger partial charge is 0.344 e. The molecule has 0 bridgehead atoms. The van der Waals surface area contributed by atoms with Crippen LogP contribution in [-0.4, -0.2) is 5.91 Å². The van der Waals surface area contributed by atoms with Crippen molar-refractivity contribution in [1.82, 2.24) is 5.32 Å². The third-order valence-electron chi connectivity index (χ3n) is 2.29. The number of carbonyl (C=O) groups is 1. The van der Waals surface area contributed by atoms with Gasteiger partial charge in [0.1, 0.15) is 0 Å². The lowest BCUT2D eigenvalue weighted by molar-refractivity contribution is -0.120. The minimum atomic E-state index is -0.545. The normalized spacial score (nSPS) is 14.1. The summed E-state index contributed by atoms with van der Waals surface area (Å²) in [6.07, 6.45) is 1.71. The first-order valence-electron chi connectivity index (χ1n) is 4.66. The molecule has 1 N–H and O–H groups in total. The van der Waals surface area contributed by atoms with Gasteiger partial charge in [-0.25, -0.2) is 0 Å². The Bertz CT molecular complexity index is 372. The number of hydrogen-bond donors (Lipinski definition) is 1. The van der Waals surface area contributed by atoms with E-state index < -0.39 is 5.54 Å². The van der Waals surface area contributed by atoms with Gasteiger partial charge < -0.3 is 5.32 Å². The molecule has 0 aliphatic rings. The number of halogens is 1. The van der Waals surface area contributed by atoms with Crippen LogP contribution in [0.5, 0.6) is 0 Å². The molecule has 1 aromatic carbocycles. The lowest BCUT2D eigenvalue weighted by atomic mass is 9.92. The van der Waals surface area contributed by atoms with Crippen LogP contribution in [0.3, 0.4) is 0 Å². The van der Waals surface area contributed by atoms with Crippen LogP contribution in [0, 0.1) is 0 Å². The van der Waals surface area contributed by atoms with E-state index in [1.54, 1.807) is 18.2 Å². The van der Waals surface area contributed by atoms with Crippen molar-refractivity contribution in [3.63, 3.8) is 0 Å². The molecule has 15 heavy (non-hydrogen) atoms. The zero-order valence-electron chi connectivity index (χ0n) is 8.88. The van der Waals surface area contributed by atoms with Gasteiger partial charge in [0.15, 0.2) is 0 Å². The third kappa shape index (κ3) is 2.83. The van der Waals surface area contributed by atoms with Crippen LogP contribution in [0.1, 0.15) is 19.4 Å². The summed E-state index contributed by atoms with van der Waals surface area (Å²) in [5.41, 5.74) is 0.410. The van der Waals surface area contributed by atoms with Crippen LogP contribution in [0.2, 0.25) is 5.02 Å². The molecule has 0 aliphatic carbocycles. The highest BCUT2D eigenvalue weighted by molar-refractivity contribution is 6.30. The lowest BCUT2D eigenvalue weighted by Gasteiger charge is -2.27. The van der Waals surface area contributed by atoms with Crippen molar-refractivity contribution < 1.29 is 4.79 Å². The Balaban J connectivity index is 3.05. The molecular weight excluding hydrogens is 210 g/mol. The van der Waals surface area contributed by atoms with Crippen LogP contribution >= 0.6 is 11.6 Å². The van der Waals surface area contributed by atoms with Gasteiger partial charge in [0.2, 0.25) is 5.91 Å².